The van der Waals surface area contributed by atoms with Gasteiger partial charge in [0.1, 0.15) is 5.70 Å². The fraction of sp³-hybridized carbons (Fsp3) is 0.348. The van der Waals surface area contributed by atoms with Gasteiger partial charge in [-0.25, -0.2) is 0 Å². The lowest BCUT2D eigenvalue weighted by Crippen LogP contribution is -2.44. The summed E-state index contributed by atoms with van der Waals surface area (Å²) in [6.07, 6.45) is 9.70. The van der Waals surface area contributed by atoms with E-state index in [0.717, 1.165) is 5.56 Å². The summed E-state index contributed by atoms with van der Waals surface area (Å²) in [4.78, 5) is 12.6. The number of rotatable bonds is 4. The van der Waals surface area contributed by atoms with Gasteiger partial charge in [-0.2, -0.15) is 0 Å². The quantitative estimate of drug-likeness (QED) is 0.710. The number of unbranched alkanes of at least 4 members (excludes halogenated alkanes) is 1. The zero-order chi connectivity index (χ0) is 20.3. The van der Waals surface area contributed by atoms with Gasteiger partial charge in [0, 0.05) is 11.6 Å². The molecule has 0 aliphatic carbocycles. The van der Waals surface area contributed by atoms with E-state index in [1.54, 1.807) is 18.2 Å². The number of carbonyl (C=O) groups is 1. The second-order valence-electron chi connectivity index (χ2n) is 6.89. The fourth-order valence-corrected chi connectivity index (χ4v) is 2.50. The number of amides is 1. The van der Waals surface area contributed by atoms with Crippen LogP contribution in [0.2, 0.25) is 0 Å². The number of halogens is 1. The molecule has 0 atom stereocenters. The molecule has 0 saturated heterocycles. The number of allylic oxidation sites excluding steroid dienone is 5. The number of nitrogens with one attached hydrogen (secondary N) is 2. The molecule has 2 rings (SSSR count). The molecule has 2 N–H and O–H groups in total. The normalized spacial score (nSPS) is 19.4. The Labute approximate surface area is 168 Å². The van der Waals surface area contributed by atoms with Crippen molar-refractivity contribution < 1.29 is 4.79 Å². The first-order chi connectivity index (χ1) is 12.8. The Hall–Kier alpha value is -2.26. The largest absolute Gasteiger partial charge is 0.377 e. The van der Waals surface area contributed by atoms with Crippen LogP contribution in [0.4, 0.5) is 0 Å². The Morgan fingerprint density at radius 2 is 1.81 bits per heavy atom. The van der Waals surface area contributed by atoms with E-state index in [1.165, 1.54) is 12.8 Å². The van der Waals surface area contributed by atoms with E-state index in [2.05, 4.69) is 31.1 Å². The highest BCUT2D eigenvalue weighted by molar-refractivity contribution is 6.31. The maximum absolute atomic E-state index is 12.6. The van der Waals surface area contributed by atoms with Crippen molar-refractivity contribution in [3.63, 3.8) is 0 Å². The predicted molar refractivity (Wildman–Crippen MR) is 116 cm³/mol. The molecular formula is C23H31ClN2O. The molecule has 1 aliphatic rings. The van der Waals surface area contributed by atoms with E-state index in [0.29, 0.717) is 22.8 Å². The predicted octanol–water partition coefficient (Wildman–Crippen LogP) is 5.57. The minimum absolute atomic E-state index is 0.181. The number of hydrogen-bond donors (Lipinski definition) is 2. The van der Waals surface area contributed by atoms with Crippen LogP contribution in [-0.2, 0) is 10.3 Å². The standard InChI is InChI=1S/C19H21ClN2O.C4H10/c1-14-12-16(20)10-7-11-21-17(13-14)18(23)22-19(2,3)15-8-5-4-6-9-15;1-3-4-2/h4-10,12-13,21H,1,11H2,2-3H3,(H,22,23);3-4H2,1-2H3/b10-7-,16-12+,17-13-;. The van der Waals surface area contributed by atoms with Crippen LogP contribution < -0.4 is 10.6 Å². The van der Waals surface area contributed by atoms with Gasteiger partial charge in [0.25, 0.3) is 5.91 Å². The van der Waals surface area contributed by atoms with Crippen molar-refractivity contribution in [2.75, 3.05) is 6.54 Å². The molecule has 1 aromatic rings. The van der Waals surface area contributed by atoms with E-state index in [1.807, 2.05) is 50.3 Å². The van der Waals surface area contributed by atoms with Gasteiger partial charge in [-0.15, -0.1) is 0 Å². The molecule has 1 aromatic carbocycles. The lowest BCUT2D eigenvalue weighted by Gasteiger charge is -2.27. The highest BCUT2D eigenvalue weighted by atomic mass is 35.5. The third-order valence-corrected chi connectivity index (χ3v) is 4.24. The number of benzene rings is 1. The molecule has 0 aromatic heterocycles. The summed E-state index contributed by atoms with van der Waals surface area (Å²) in [5.74, 6) is -0.181. The summed E-state index contributed by atoms with van der Waals surface area (Å²) in [7, 11) is 0. The molecule has 3 nitrogen and oxygen atoms in total. The zero-order valence-corrected chi connectivity index (χ0v) is 17.6. The van der Waals surface area contributed by atoms with Crippen LogP contribution in [0.15, 0.2) is 77.5 Å². The first-order valence-corrected chi connectivity index (χ1v) is 9.74. The average Bonchev–Trinajstić information content (AvgIpc) is 2.72. The van der Waals surface area contributed by atoms with Crippen molar-refractivity contribution in [1.29, 1.82) is 0 Å². The molecule has 0 unspecified atom stereocenters. The maximum atomic E-state index is 12.6. The van der Waals surface area contributed by atoms with Crippen LogP contribution in [0, 0.1) is 0 Å². The molecule has 27 heavy (non-hydrogen) atoms. The van der Waals surface area contributed by atoms with Crippen LogP contribution in [0.1, 0.15) is 46.1 Å². The second-order valence-corrected chi connectivity index (χ2v) is 7.33. The van der Waals surface area contributed by atoms with Crippen molar-refractivity contribution in [3.8, 4) is 0 Å². The lowest BCUT2D eigenvalue weighted by molar-refractivity contribution is -0.119. The second kappa shape index (κ2) is 11.5. The zero-order valence-electron chi connectivity index (χ0n) is 16.8. The maximum Gasteiger partial charge on any atom is 0.268 e. The highest BCUT2D eigenvalue weighted by Crippen LogP contribution is 2.20. The summed E-state index contributed by atoms with van der Waals surface area (Å²) in [6.45, 7) is 12.7. The van der Waals surface area contributed by atoms with Gasteiger partial charge < -0.3 is 10.6 Å². The van der Waals surface area contributed by atoms with Crippen LogP contribution in [0.5, 0.6) is 0 Å². The third kappa shape index (κ3) is 8.31. The summed E-state index contributed by atoms with van der Waals surface area (Å²) < 4.78 is 0. The summed E-state index contributed by atoms with van der Waals surface area (Å²) in [5.41, 5.74) is 1.69. The Balaban J connectivity index is 0.000000828. The van der Waals surface area contributed by atoms with Crippen molar-refractivity contribution in [2.24, 2.45) is 0 Å². The van der Waals surface area contributed by atoms with E-state index in [9.17, 15) is 4.79 Å². The first-order valence-electron chi connectivity index (χ1n) is 9.36. The molecule has 1 heterocycles. The summed E-state index contributed by atoms with van der Waals surface area (Å²) >= 11 is 6.03. The minimum atomic E-state index is -0.482. The molecular weight excluding hydrogens is 356 g/mol. The molecule has 0 fully saturated rings. The van der Waals surface area contributed by atoms with Gasteiger partial charge in [0.15, 0.2) is 0 Å². The molecule has 0 spiro atoms. The molecule has 1 aliphatic heterocycles. The summed E-state index contributed by atoms with van der Waals surface area (Å²) in [6, 6.07) is 9.86. The van der Waals surface area contributed by atoms with Gasteiger partial charge in [0.05, 0.1) is 5.54 Å². The van der Waals surface area contributed by atoms with Gasteiger partial charge in [-0.05, 0) is 43.2 Å². The average molecular weight is 387 g/mol. The highest BCUT2D eigenvalue weighted by Gasteiger charge is 2.24. The van der Waals surface area contributed by atoms with E-state index in [4.69, 9.17) is 11.6 Å². The van der Waals surface area contributed by atoms with E-state index >= 15 is 0 Å². The van der Waals surface area contributed by atoms with E-state index < -0.39 is 5.54 Å². The van der Waals surface area contributed by atoms with Crippen LogP contribution in [0.25, 0.3) is 0 Å². The topological polar surface area (TPSA) is 41.1 Å². The SMILES string of the molecule is C=C1/C=C(/C(=O)NC(C)(C)c2ccccc2)NC/C=C\C(Cl)=C/1.CCCC. The van der Waals surface area contributed by atoms with Crippen LogP contribution in [-0.4, -0.2) is 12.5 Å². The number of hydrogen-bond acceptors (Lipinski definition) is 2. The number of carbonyl (C=O) groups excluding carboxylic acids is 1. The molecule has 0 bridgehead atoms. The Kier molecular flexibility index (Phi) is 9.66. The smallest absolute Gasteiger partial charge is 0.268 e. The Bertz CT molecular complexity index is 713. The van der Waals surface area contributed by atoms with Crippen molar-refractivity contribution >= 4 is 17.5 Å². The molecule has 1 amide bonds. The third-order valence-electron chi connectivity index (χ3n) is 4.01. The van der Waals surface area contributed by atoms with E-state index in [-0.39, 0.29) is 5.91 Å². The summed E-state index contributed by atoms with van der Waals surface area (Å²) in [5, 5.41) is 6.73. The van der Waals surface area contributed by atoms with Crippen molar-refractivity contribution in [1.82, 2.24) is 10.6 Å². The Morgan fingerprint density at radius 3 is 2.41 bits per heavy atom. The molecule has 0 saturated carbocycles. The molecule has 4 heteroatoms. The van der Waals surface area contributed by atoms with Crippen molar-refractivity contribution in [3.05, 3.63) is 83.1 Å². The fourth-order valence-electron chi connectivity index (χ4n) is 2.27. The Morgan fingerprint density at radius 1 is 1.19 bits per heavy atom. The van der Waals surface area contributed by atoms with Gasteiger partial charge in [0.2, 0.25) is 0 Å². The molecule has 146 valence electrons. The van der Waals surface area contributed by atoms with Crippen LogP contribution >= 0.6 is 11.6 Å². The van der Waals surface area contributed by atoms with Gasteiger partial charge >= 0.3 is 0 Å². The molecule has 0 radical (unpaired) electrons. The first kappa shape index (κ1) is 22.8. The minimum Gasteiger partial charge on any atom is -0.377 e. The van der Waals surface area contributed by atoms with Gasteiger partial charge in [-0.1, -0.05) is 81.3 Å². The monoisotopic (exact) mass is 386 g/mol. The van der Waals surface area contributed by atoms with Crippen molar-refractivity contribution in [2.45, 2.75) is 46.1 Å². The lowest BCUT2D eigenvalue weighted by atomic mass is 9.94. The van der Waals surface area contributed by atoms with Gasteiger partial charge in [-0.3, -0.25) is 4.79 Å². The van der Waals surface area contributed by atoms with Crippen LogP contribution in [0.3, 0.4) is 0 Å².